The Morgan fingerprint density at radius 2 is 1.83 bits per heavy atom. The molecule has 5 heteroatoms. The first-order chi connectivity index (χ1) is 8.65. The van der Waals surface area contributed by atoms with Crippen LogP contribution in [-0.4, -0.2) is 48.9 Å². The number of aliphatic hydroxyl groups is 1. The molecule has 0 aromatic carbocycles. The van der Waals surface area contributed by atoms with Gasteiger partial charge < -0.3 is 20.0 Å². The van der Waals surface area contributed by atoms with E-state index in [4.69, 9.17) is 9.47 Å². The zero-order valence-corrected chi connectivity index (χ0v) is 11.5. The lowest BCUT2D eigenvalue weighted by atomic mass is 10.4. The van der Waals surface area contributed by atoms with Gasteiger partial charge >= 0.3 is 0 Å². The Kier molecular flexibility index (Phi) is 6.78. The molecule has 1 unspecified atom stereocenters. The SMILES string of the molecule is CCOCCOCC(O)CNn1c(C)ccc1C. The molecule has 0 bridgehead atoms. The first-order valence-corrected chi connectivity index (χ1v) is 6.37. The highest BCUT2D eigenvalue weighted by atomic mass is 16.5. The smallest absolute Gasteiger partial charge is 0.0961 e. The van der Waals surface area contributed by atoms with Crippen LogP contribution in [0.3, 0.4) is 0 Å². The summed E-state index contributed by atoms with van der Waals surface area (Å²) in [6.45, 7) is 8.56. The minimum absolute atomic E-state index is 0.319. The summed E-state index contributed by atoms with van der Waals surface area (Å²) in [6.07, 6.45) is -0.521. The molecule has 5 nitrogen and oxygen atoms in total. The Morgan fingerprint density at radius 1 is 1.22 bits per heavy atom. The molecule has 0 spiro atoms. The lowest BCUT2D eigenvalue weighted by molar-refractivity contribution is 0.00957. The summed E-state index contributed by atoms with van der Waals surface area (Å²) in [6, 6.07) is 4.07. The fourth-order valence-electron chi connectivity index (χ4n) is 1.65. The van der Waals surface area contributed by atoms with E-state index in [0.29, 0.717) is 33.0 Å². The minimum Gasteiger partial charge on any atom is -0.389 e. The molecule has 104 valence electrons. The number of aryl methyl sites for hydroxylation is 2. The molecule has 18 heavy (non-hydrogen) atoms. The molecule has 1 rings (SSSR count). The van der Waals surface area contributed by atoms with Crippen LogP contribution in [0.25, 0.3) is 0 Å². The Bertz CT molecular complexity index is 319. The highest BCUT2D eigenvalue weighted by molar-refractivity contribution is 5.15. The number of rotatable bonds is 9. The van der Waals surface area contributed by atoms with Crippen molar-refractivity contribution in [2.24, 2.45) is 0 Å². The van der Waals surface area contributed by atoms with E-state index in [-0.39, 0.29) is 0 Å². The maximum atomic E-state index is 9.74. The number of ether oxygens (including phenoxy) is 2. The largest absolute Gasteiger partial charge is 0.389 e. The summed E-state index contributed by atoms with van der Waals surface area (Å²) in [5.41, 5.74) is 5.41. The molecule has 0 aliphatic rings. The molecule has 0 radical (unpaired) electrons. The molecular formula is C13H24N2O3. The fraction of sp³-hybridized carbons (Fsp3) is 0.692. The minimum atomic E-state index is -0.521. The molecule has 1 heterocycles. The van der Waals surface area contributed by atoms with E-state index in [0.717, 1.165) is 11.4 Å². The van der Waals surface area contributed by atoms with Gasteiger partial charge in [0.1, 0.15) is 0 Å². The van der Waals surface area contributed by atoms with Gasteiger partial charge in [-0.25, -0.2) is 0 Å². The van der Waals surface area contributed by atoms with Crippen LogP contribution in [0.4, 0.5) is 0 Å². The molecule has 1 aromatic rings. The molecule has 0 amide bonds. The first-order valence-electron chi connectivity index (χ1n) is 6.37. The summed E-state index contributed by atoms with van der Waals surface area (Å²) in [5, 5.41) is 9.74. The van der Waals surface area contributed by atoms with Gasteiger partial charge in [0.15, 0.2) is 0 Å². The van der Waals surface area contributed by atoms with Crippen LogP contribution in [0, 0.1) is 13.8 Å². The van der Waals surface area contributed by atoms with Crippen molar-refractivity contribution >= 4 is 0 Å². The van der Waals surface area contributed by atoms with E-state index in [1.807, 2.05) is 37.6 Å². The zero-order valence-electron chi connectivity index (χ0n) is 11.5. The number of aliphatic hydroxyl groups excluding tert-OH is 1. The van der Waals surface area contributed by atoms with Crippen LogP contribution >= 0.6 is 0 Å². The summed E-state index contributed by atoms with van der Waals surface area (Å²) in [4.78, 5) is 0. The van der Waals surface area contributed by atoms with Gasteiger partial charge in [0.05, 0.1) is 32.5 Å². The quantitative estimate of drug-likeness (QED) is 0.649. The Labute approximate surface area is 109 Å². The van der Waals surface area contributed by atoms with Crippen molar-refractivity contribution < 1.29 is 14.6 Å². The third-order valence-corrected chi connectivity index (χ3v) is 2.64. The van der Waals surface area contributed by atoms with E-state index in [9.17, 15) is 5.11 Å². The van der Waals surface area contributed by atoms with Gasteiger partial charge in [-0.1, -0.05) is 0 Å². The van der Waals surface area contributed by atoms with Gasteiger partial charge in [0.2, 0.25) is 0 Å². The standard InChI is InChI=1S/C13H24N2O3/c1-4-17-7-8-18-10-13(16)9-14-15-11(2)5-6-12(15)3/h5-6,13-14,16H,4,7-10H2,1-3H3. The van der Waals surface area contributed by atoms with Crippen molar-refractivity contribution in [2.45, 2.75) is 26.9 Å². The van der Waals surface area contributed by atoms with Gasteiger partial charge in [-0.15, -0.1) is 0 Å². The number of aromatic nitrogens is 1. The molecule has 1 aromatic heterocycles. The predicted molar refractivity (Wildman–Crippen MR) is 71.5 cm³/mol. The van der Waals surface area contributed by atoms with E-state index < -0.39 is 6.10 Å². The van der Waals surface area contributed by atoms with Crippen LogP contribution in [0.5, 0.6) is 0 Å². The lowest BCUT2D eigenvalue weighted by Crippen LogP contribution is -2.31. The number of hydrogen-bond donors (Lipinski definition) is 2. The predicted octanol–water partition coefficient (Wildman–Crippen LogP) is 1.06. The highest BCUT2D eigenvalue weighted by Gasteiger charge is 2.06. The molecule has 0 fully saturated rings. The fourth-order valence-corrected chi connectivity index (χ4v) is 1.65. The van der Waals surface area contributed by atoms with Crippen LogP contribution in [0.15, 0.2) is 12.1 Å². The molecular weight excluding hydrogens is 232 g/mol. The average Bonchev–Trinajstić information content (AvgIpc) is 2.66. The lowest BCUT2D eigenvalue weighted by Gasteiger charge is -2.16. The average molecular weight is 256 g/mol. The maximum absolute atomic E-state index is 9.74. The van der Waals surface area contributed by atoms with Crippen LogP contribution in [0.2, 0.25) is 0 Å². The van der Waals surface area contributed by atoms with E-state index in [1.54, 1.807) is 0 Å². The summed E-state index contributed by atoms with van der Waals surface area (Å²) in [7, 11) is 0. The van der Waals surface area contributed by atoms with E-state index in [2.05, 4.69) is 5.43 Å². The molecule has 2 N–H and O–H groups in total. The second kappa shape index (κ2) is 8.13. The monoisotopic (exact) mass is 256 g/mol. The Hall–Kier alpha value is -1.04. The summed E-state index contributed by atoms with van der Waals surface area (Å²) >= 11 is 0. The van der Waals surface area contributed by atoms with Crippen molar-refractivity contribution in [3.63, 3.8) is 0 Å². The van der Waals surface area contributed by atoms with Gasteiger partial charge in [-0.05, 0) is 32.9 Å². The normalized spacial score (nSPS) is 12.7. The van der Waals surface area contributed by atoms with Crippen LogP contribution < -0.4 is 5.43 Å². The van der Waals surface area contributed by atoms with Crippen LogP contribution in [-0.2, 0) is 9.47 Å². The number of nitrogens with zero attached hydrogens (tertiary/aromatic N) is 1. The van der Waals surface area contributed by atoms with Crippen LogP contribution in [0.1, 0.15) is 18.3 Å². The van der Waals surface area contributed by atoms with E-state index in [1.165, 1.54) is 0 Å². The molecule has 0 aliphatic carbocycles. The van der Waals surface area contributed by atoms with Gasteiger partial charge in [-0.2, -0.15) is 0 Å². The van der Waals surface area contributed by atoms with Crippen molar-refractivity contribution in [3.8, 4) is 0 Å². The molecule has 0 saturated heterocycles. The zero-order chi connectivity index (χ0) is 13.4. The maximum Gasteiger partial charge on any atom is 0.0961 e. The van der Waals surface area contributed by atoms with Gasteiger partial charge in [0, 0.05) is 18.0 Å². The second-order valence-corrected chi connectivity index (χ2v) is 4.24. The third kappa shape index (κ3) is 5.08. The molecule has 1 atom stereocenters. The Morgan fingerprint density at radius 3 is 2.44 bits per heavy atom. The van der Waals surface area contributed by atoms with Crippen molar-refractivity contribution in [3.05, 3.63) is 23.5 Å². The molecule has 0 aliphatic heterocycles. The van der Waals surface area contributed by atoms with E-state index >= 15 is 0 Å². The van der Waals surface area contributed by atoms with Gasteiger partial charge in [0.25, 0.3) is 0 Å². The van der Waals surface area contributed by atoms with Crippen molar-refractivity contribution in [2.75, 3.05) is 38.4 Å². The number of hydrogen-bond acceptors (Lipinski definition) is 4. The topological polar surface area (TPSA) is 55.6 Å². The Balaban J connectivity index is 2.15. The van der Waals surface area contributed by atoms with Gasteiger partial charge in [-0.3, -0.25) is 4.68 Å². The summed E-state index contributed by atoms with van der Waals surface area (Å²) in [5.74, 6) is 0. The summed E-state index contributed by atoms with van der Waals surface area (Å²) < 4.78 is 12.4. The molecule has 0 saturated carbocycles. The second-order valence-electron chi connectivity index (χ2n) is 4.24. The van der Waals surface area contributed by atoms with Crippen molar-refractivity contribution in [1.82, 2.24) is 4.68 Å². The number of nitrogens with one attached hydrogen (secondary N) is 1. The third-order valence-electron chi connectivity index (χ3n) is 2.64. The first kappa shape index (κ1) is 15.0. The highest BCUT2D eigenvalue weighted by Crippen LogP contribution is 2.03. The van der Waals surface area contributed by atoms with Crippen molar-refractivity contribution in [1.29, 1.82) is 0 Å².